The Morgan fingerprint density at radius 3 is 2.83 bits per heavy atom. The van der Waals surface area contributed by atoms with Crippen LogP contribution in [0.5, 0.6) is 0 Å². The number of rotatable bonds is 3. The van der Waals surface area contributed by atoms with Crippen molar-refractivity contribution in [3.63, 3.8) is 0 Å². The molecular weight excluding hydrogens is 260 g/mol. The first-order chi connectivity index (χ1) is 8.50. The summed E-state index contributed by atoms with van der Waals surface area (Å²) in [6.07, 6.45) is 1.06. The maximum Gasteiger partial charge on any atom is 0.326 e. The number of likely N-dealkylation sites (tertiary alicyclic amines) is 1. The Balaban J connectivity index is 2.20. The highest BCUT2D eigenvalue weighted by molar-refractivity contribution is 7.13. The van der Waals surface area contributed by atoms with E-state index >= 15 is 0 Å². The number of hydrogen-bond donors (Lipinski definition) is 1. The second-order valence-corrected chi connectivity index (χ2v) is 4.82. The molecule has 8 heteroatoms. The van der Waals surface area contributed by atoms with Gasteiger partial charge in [-0.2, -0.15) is 0 Å². The lowest BCUT2D eigenvalue weighted by Gasteiger charge is -2.20. The third kappa shape index (κ3) is 2.19. The first kappa shape index (κ1) is 12.5. The lowest BCUT2D eigenvalue weighted by Crippen LogP contribution is -2.40. The Bertz CT molecular complexity index is 512. The van der Waals surface area contributed by atoms with Crippen molar-refractivity contribution < 1.29 is 19.6 Å². The highest BCUT2D eigenvalue weighted by atomic mass is 32.1. The van der Waals surface area contributed by atoms with Gasteiger partial charge in [0, 0.05) is 18.0 Å². The number of thiophene rings is 1. The van der Waals surface area contributed by atoms with E-state index in [0.29, 0.717) is 19.4 Å². The van der Waals surface area contributed by atoms with Gasteiger partial charge in [0.25, 0.3) is 5.91 Å². The van der Waals surface area contributed by atoms with Gasteiger partial charge in [0.2, 0.25) is 0 Å². The molecule has 1 amide bonds. The number of nitrogens with zero attached hydrogens (tertiary/aromatic N) is 2. The Labute approximate surface area is 106 Å². The topological polar surface area (TPSA) is 101 Å². The van der Waals surface area contributed by atoms with Crippen molar-refractivity contribution in [2.75, 3.05) is 6.54 Å². The second kappa shape index (κ2) is 4.73. The van der Waals surface area contributed by atoms with Gasteiger partial charge in [0.05, 0.1) is 10.5 Å². The van der Waals surface area contributed by atoms with E-state index in [4.69, 9.17) is 5.11 Å². The Morgan fingerprint density at radius 1 is 1.56 bits per heavy atom. The molecule has 1 atom stereocenters. The number of nitro groups is 1. The van der Waals surface area contributed by atoms with E-state index in [0.717, 1.165) is 11.3 Å². The minimum atomic E-state index is -1.04. The molecule has 0 bridgehead atoms. The number of aliphatic carboxylic acids is 1. The van der Waals surface area contributed by atoms with E-state index in [1.54, 1.807) is 0 Å². The number of carboxylic acid groups (broad SMARTS) is 1. The minimum Gasteiger partial charge on any atom is -0.480 e. The summed E-state index contributed by atoms with van der Waals surface area (Å²) in [5, 5.41) is 20.8. The predicted octanol–water partition coefficient (Wildman–Crippen LogP) is 1.35. The smallest absolute Gasteiger partial charge is 0.326 e. The molecule has 0 aliphatic carbocycles. The first-order valence-corrected chi connectivity index (χ1v) is 6.15. The number of hydrogen-bond acceptors (Lipinski definition) is 5. The van der Waals surface area contributed by atoms with Crippen molar-refractivity contribution in [3.8, 4) is 0 Å². The zero-order valence-electron chi connectivity index (χ0n) is 9.24. The summed E-state index contributed by atoms with van der Waals surface area (Å²) in [6.45, 7) is 0.374. The molecule has 1 N–H and O–H groups in total. The summed E-state index contributed by atoms with van der Waals surface area (Å²) in [6, 6.07) is 0.362. The van der Waals surface area contributed by atoms with E-state index in [-0.39, 0.29) is 10.6 Å². The molecule has 1 unspecified atom stereocenters. The summed E-state index contributed by atoms with van der Waals surface area (Å²) < 4.78 is 0. The molecule has 1 aromatic rings. The monoisotopic (exact) mass is 270 g/mol. The van der Waals surface area contributed by atoms with Gasteiger partial charge in [-0.1, -0.05) is 11.3 Å². The number of carbonyl (C=O) groups excluding carboxylic acids is 1. The van der Waals surface area contributed by atoms with Crippen LogP contribution in [0.25, 0.3) is 0 Å². The van der Waals surface area contributed by atoms with Crippen LogP contribution >= 0.6 is 11.3 Å². The van der Waals surface area contributed by atoms with Crippen molar-refractivity contribution in [2.45, 2.75) is 18.9 Å². The zero-order valence-corrected chi connectivity index (χ0v) is 10.1. The normalized spacial score (nSPS) is 18.9. The Kier molecular flexibility index (Phi) is 3.28. The van der Waals surface area contributed by atoms with Crippen molar-refractivity contribution in [1.82, 2.24) is 4.90 Å². The third-order valence-electron chi connectivity index (χ3n) is 2.81. The van der Waals surface area contributed by atoms with Crippen LogP contribution in [-0.4, -0.2) is 39.4 Å². The van der Waals surface area contributed by atoms with Gasteiger partial charge in [-0.15, -0.1) is 0 Å². The highest BCUT2D eigenvalue weighted by Gasteiger charge is 2.35. The molecule has 18 heavy (non-hydrogen) atoms. The molecule has 7 nitrogen and oxygen atoms in total. The first-order valence-electron chi connectivity index (χ1n) is 5.27. The molecule has 2 rings (SSSR count). The minimum absolute atomic E-state index is 0.121. The SMILES string of the molecule is O=C(O)C1CCCN1C(=O)c1csc([N+](=O)[O-])c1. The van der Waals surface area contributed by atoms with Gasteiger partial charge in [0.15, 0.2) is 0 Å². The highest BCUT2D eigenvalue weighted by Crippen LogP contribution is 2.26. The molecule has 1 saturated heterocycles. The summed E-state index contributed by atoms with van der Waals surface area (Å²) in [5.74, 6) is -1.49. The number of carboxylic acids is 1. The Morgan fingerprint density at radius 2 is 2.28 bits per heavy atom. The average Bonchev–Trinajstić information content (AvgIpc) is 2.97. The third-order valence-corrected chi connectivity index (χ3v) is 3.69. The van der Waals surface area contributed by atoms with Crippen molar-refractivity contribution in [2.24, 2.45) is 0 Å². The fraction of sp³-hybridized carbons (Fsp3) is 0.400. The summed E-state index contributed by atoms with van der Waals surface area (Å²) in [7, 11) is 0. The zero-order chi connectivity index (χ0) is 13.3. The quantitative estimate of drug-likeness (QED) is 0.659. The van der Waals surface area contributed by atoms with Crippen LogP contribution in [0.4, 0.5) is 5.00 Å². The molecular formula is C10H10N2O5S. The van der Waals surface area contributed by atoms with Gasteiger partial charge < -0.3 is 10.0 Å². The lowest BCUT2D eigenvalue weighted by molar-refractivity contribution is -0.380. The molecule has 0 saturated carbocycles. The van der Waals surface area contributed by atoms with Crippen molar-refractivity contribution >= 4 is 28.2 Å². The molecule has 0 radical (unpaired) electrons. The number of carbonyl (C=O) groups is 2. The molecule has 2 heterocycles. The van der Waals surface area contributed by atoms with Crippen LogP contribution in [-0.2, 0) is 4.79 Å². The van der Waals surface area contributed by atoms with E-state index in [2.05, 4.69) is 0 Å². The fourth-order valence-corrected chi connectivity index (χ4v) is 2.66. The summed E-state index contributed by atoms with van der Waals surface area (Å²) in [4.78, 5) is 34.2. The molecule has 0 spiro atoms. The van der Waals surface area contributed by atoms with Crippen molar-refractivity contribution in [3.05, 3.63) is 27.1 Å². The van der Waals surface area contributed by atoms with Crippen LogP contribution < -0.4 is 0 Å². The Hall–Kier alpha value is -1.96. The fourth-order valence-electron chi connectivity index (χ4n) is 1.97. The van der Waals surface area contributed by atoms with Crippen LogP contribution in [0.1, 0.15) is 23.2 Å². The second-order valence-electron chi connectivity index (χ2n) is 3.93. The van der Waals surface area contributed by atoms with Gasteiger partial charge in [-0.25, -0.2) is 4.79 Å². The summed E-state index contributed by atoms with van der Waals surface area (Å²) >= 11 is 0.860. The lowest BCUT2D eigenvalue weighted by atomic mass is 10.2. The van der Waals surface area contributed by atoms with E-state index in [1.165, 1.54) is 16.3 Å². The molecule has 1 aliphatic heterocycles. The number of amides is 1. The van der Waals surface area contributed by atoms with Gasteiger partial charge >= 0.3 is 11.0 Å². The molecule has 1 aromatic heterocycles. The largest absolute Gasteiger partial charge is 0.480 e. The molecule has 1 fully saturated rings. The molecule has 0 aromatic carbocycles. The van der Waals surface area contributed by atoms with Crippen LogP contribution in [0.15, 0.2) is 11.4 Å². The van der Waals surface area contributed by atoms with Gasteiger partial charge in [-0.05, 0) is 12.8 Å². The maximum absolute atomic E-state index is 12.0. The van der Waals surface area contributed by atoms with E-state index < -0.39 is 22.8 Å². The maximum atomic E-state index is 12.0. The standard InChI is InChI=1S/C10H10N2O5S/c13-9(6-4-8(12(16)17)18-5-6)11-3-1-2-7(11)10(14)15/h4-5,7H,1-3H2,(H,14,15). The van der Waals surface area contributed by atoms with Gasteiger partial charge in [0.1, 0.15) is 6.04 Å². The molecule has 96 valence electrons. The van der Waals surface area contributed by atoms with E-state index in [1.807, 2.05) is 0 Å². The average molecular weight is 270 g/mol. The van der Waals surface area contributed by atoms with Crippen LogP contribution in [0, 0.1) is 10.1 Å². The molecule has 1 aliphatic rings. The van der Waals surface area contributed by atoms with Crippen molar-refractivity contribution in [1.29, 1.82) is 0 Å². The van der Waals surface area contributed by atoms with E-state index in [9.17, 15) is 19.7 Å². The predicted molar refractivity (Wildman–Crippen MR) is 62.7 cm³/mol. The van der Waals surface area contributed by atoms with Gasteiger partial charge in [-0.3, -0.25) is 14.9 Å². The van der Waals surface area contributed by atoms with Crippen LogP contribution in [0.2, 0.25) is 0 Å². The summed E-state index contributed by atoms with van der Waals surface area (Å²) in [5.41, 5.74) is 0.180. The van der Waals surface area contributed by atoms with Crippen LogP contribution in [0.3, 0.4) is 0 Å².